The Morgan fingerprint density at radius 2 is 1.74 bits per heavy atom. The fourth-order valence-corrected chi connectivity index (χ4v) is 3.23. The second-order valence-corrected chi connectivity index (χ2v) is 6.25. The normalized spacial score (nSPS) is 20.0. The third-order valence-corrected chi connectivity index (χ3v) is 4.69. The molecule has 1 saturated heterocycles. The van der Waals surface area contributed by atoms with Gasteiger partial charge in [0.2, 0.25) is 5.91 Å². The molecule has 1 heterocycles. The molecule has 2 fully saturated rings. The van der Waals surface area contributed by atoms with Crippen molar-refractivity contribution in [3.05, 3.63) is 35.9 Å². The topological polar surface area (TPSA) is 58.4 Å². The van der Waals surface area contributed by atoms with Crippen LogP contribution in [0.15, 0.2) is 30.3 Å². The van der Waals surface area contributed by atoms with E-state index in [1.807, 2.05) is 30.3 Å². The summed E-state index contributed by atoms with van der Waals surface area (Å²) in [5.41, 5.74) is 6.82. The zero-order valence-electron chi connectivity index (χ0n) is 13.3. The van der Waals surface area contributed by atoms with Gasteiger partial charge in [0, 0.05) is 31.7 Å². The lowest BCUT2D eigenvalue weighted by Gasteiger charge is -2.33. The SMILES string of the molecule is Cl.Cl.NCC(C(=O)NC1CCN(C2CC2)CC1)c1ccccc1. The molecule has 3 N–H and O–H groups in total. The number of piperidine rings is 1. The average molecular weight is 360 g/mol. The van der Waals surface area contributed by atoms with Crippen LogP contribution >= 0.6 is 24.8 Å². The van der Waals surface area contributed by atoms with Crippen molar-refractivity contribution >= 4 is 30.7 Å². The molecule has 1 aliphatic heterocycles. The quantitative estimate of drug-likeness (QED) is 0.847. The fraction of sp³-hybridized carbons (Fsp3) is 0.588. The van der Waals surface area contributed by atoms with Crippen molar-refractivity contribution in [1.29, 1.82) is 0 Å². The molecule has 0 radical (unpaired) electrons. The number of rotatable bonds is 5. The van der Waals surface area contributed by atoms with E-state index >= 15 is 0 Å². The van der Waals surface area contributed by atoms with Crippen molar-refractivity contribution in [3.63, 3.8) is 0 Å². The van der Waals surface area contributed by atoms with Crippen LogP contribution in [0.25, 0.3) is 0 Å². The van der Waals surface area contributed by atoms with Crippen molar-refractivity contribution in [2.24, 2.45) is 5.73 Å². The van der Waals surface area contributed by atoms with Crippen LogP contribution in [0.3, 0.4) is 0 Å². The Hall–Kier alpha value is -0.810. The summed E-state index contributed by atoms with van der Waals surface area (Å²) in [6.07, 6.45) is 4.85. The summed E-state index contributed by atoms with van der Waals surface area (Å²) in [6, 6.07) is 11.0. The van der Waals surface area contributed by atoms with Crippen molar-refractivity contribution in [3.8, 4) is 0 Å². The molecule has 2 aliphatic rings. The zero-order chi connectivity index (χ0) is 14.7. The van der Waals surface area contributed by atoms with Crippen molar-refractivity contribution < 1.29 is 4.79 Å². The Labute approximate surface area is 151 Å². The molecule has 1 aliphatic carbocycles. The molecule has 130 valence electrons. The van der Waals surface area contributed by atoms with Crippen LogP contribution in [0.5, 0.6) is 0 Å². The van der Waals surface area contributed by atoms with Gasteiger partial charge >= 0.3 is 0 Å². The Morgan fingerprint density at radius 3 is 2.26 bits per heavy atom. The zero-order valence-corrected chi connectivity index (χ0v) is 15.0. The summed E-state index contributed by atoms with van der Waals surface area (Å²) >= 11 is 0. The molecule has 6 heteroatoms. The summed E-state index contributed by atoms with van der Waals surface area (Å²) in [5.74, 6) is -0.152. The fourth-order valence-electron chi connectivity index (χ4n) is 3.23. The number of nitrogens with two attached hydrogens (primary N) is 1. The van der Waals surface area contributed by atoms with E-state index in [1.165, 1.54) is 12.8 Å². The molecule has 1 amide bonds. The number of amides is 1. The number of carbonyl (C=O) groups excluding carboxylic acids is 1. The lowest BCUT2D eigenvalue weighted by molar-refractivity contribution is -0.123. The van der Waals surface area contributed by atoms with Gasteiger partial charge in [0.05, 0.1) is 5.92 Å². The Balaban J connectivity index is 0.00000132. The molecular formula is C17H27Cl2N3O. The summed E-state index contributed by atoms with van der Waals surface area (Å²) in [6.45, 7) is 2.60. The second kappa shape index (κ2) is 9.48. The van der Waals surface area contributed by atoms with Gasteiger partial charge in [-0.25, -0.2) is 0 Å². The monoisotopic (exact) mass is 359 g/mol. The van der Waals surface area contributed by atoms with Gasteiger partial charge in [0.25, 0.3) is 0 Å². The number of hydrogen-bond donors (Lipinski definition) is 2. The van der Waals surface area contributed by atoms with E-state index in [0.29, 0.717) is 12.6 Å². The van der Waals surface area contributed by atoms with E-state index in [2.05, 4.69) is 10.2 Å². The first-order chi connectivity index (χ1) is 10.3. The van der Waals surface area contributed by atoms with E-state index < -0.39 is 0 Å². The van der Waals surface area contributed by atoms with Gasteiger partial charge in [0.15, 0.2) is 0 Å². The highest BCUT2D eigenvalue weighted by atomic mass is 35.5. The van der Waals surface area contributed by atoms with Crippen LogP contribution in [0.2, 0.25) is 0 Å². The standard InChI is InChI=1S/C17H25N3O.2ClH/c18-12-16(13-4-2-1-3-5-13)17(21)19-14-8-10-20(11-9-14)15-6-7-15;;/h1-5,14-16H,6-12,18H2,(H,19,21);2*1H. The smallest absolute Gasteiger partial charge is 0.229 e. The molecule has 1 aromatic carbocycles. The third-order valence-electron chi connectivity index (χ3n) is 4.69. The number of benzene rings is 1. The molecule has 0 aromatic heterocycles. The molecule has 1 aromatic rings. The maximum Gasteiger partial charge on any atom is 0.229 e. The molecule has 3 rings (SSSR count). The first-order valence-electron chi connectivity index (χ1n) is 8.07. The van der Waals surface area contributed by atoms with Crippen molar-refractivity contribution in [2.75, 3.05) is 19.6 Å². The van der Waals surface area contributed by atoms with Crippen LogP contribution in [0, 0.1) is 0 Å². The lowest BCUT2D eigenvalue weighted by atomic mass is 9.97. The summed E-state index contributed by atoms with van der Waals surface area (Å²) in [4.78, 5) is 15.0. The minimum atomic E-state index is -0.229. The van der Waals surface area contributed by atoms with E-state index in [9.17, 15) is 4.79 Å². The molecule has 0 bridgehead atoms. The largest absolute Gasteiger partial charge is 0.353 e. The van der Waals surface area contributed by atoms with E-state index in [4.69, 9.17) is 5.73 Å². The maximum atomic E-state index is 12.5. The van der Waals surface area contributed by atoms with Crippen LogP contribution in [0.1, 0.15) is 37.2 Å². The molecule has 1 atom stereocenters. The molecule has 1 saturated carbocycles. The molecule has 0 spiro atoms. The van der Waals surface area contributed by atoms with E-state index in [1.54, 1.807) is 0 Å². The summed E-state index contributed by atoms with van der Waals surface area (Å²) in [5, 5.41) is 3.20. The molecular weight excluding hydrogens is 333 g/mol. The average Bonchev–Trinajstić information content (AvgIpc) is 3.35. The minimum Gasteiger partial charge on any atom is -0.353 e. The number of hydrogen-bond acceptors (Lipinski definition) is 3. The van der Waals surface area contributed by atoms with Gasteiger partial charge in [0.1, 0.15) is 0 Å². The first kappa shape index (κ1) is 20.2. The maximum absolute atomic E-state index is 12.5. The lowest BCUT2D eigenvalue weighted by Crippen LogP contribution is -2.47. The second-order valence-electron chi connectivity index (χ2n) is 6.25. The first-order valence-corrected chi connectivity index (χ1v) is 8.07. The highest BCUT2D eigenvalue weighted by molar-refractivity contribution is 5.85. The Morgan fingerprint density at radius 1 is 1.13 bits per heavy atom. The Bertz CT molecular complexity index is 474. The van der Waals surface area contributed by atoms with Crippen LogP contribution in [-0.2, 0) is 4.79 Å². The van der Waals surface area contributed by atoms with Gasteiger partial charge in [-0.3, -0.25) is 4.79 Å². The summed E-state index contributed by atoms with van der Waals surface area (Å²) < 4.78 is 0. The van der Waals surface area contributed by atoms with Crippen molar-refractivity contribution in [1.82, 2.24) is 10.2 Å². The van der Waals surface area contributed by atoms with Crippen LogP contribution in [0.4, 0.5) is 0 Å². The van der Waals surface area contributed by atoms with E-state index in [0.717, 1.165) is 37.5 Å². The number of halogens is 2. The van der Waals surface area contributed by atoms with Gasteiger partial charge in [-0.15, -0.1) is 24.8 Å². The number of likely N-dealkylation sites (tertiary alicyclic amines) is 1. The van der Waals surface area contributed by atoms with Gasteiger partial charge < -0.3 is 16.0 Å². The number of carbonyl (C=O) groups is 1. The number of nitrogens with zero attached hydrogens (tertiary/aromatic N) is 1. The number of nitrogens with one attached hydrogen (secondary N) is 1. The predicted octanol–water partition coefficient (Wildman–Crippen LogP) is 2.32. The van der Waals surface area contributed by atoms with Crippen molar-refractivity contribution in [2.45, 2.75) is 43.7 Å². The molecule has 1 unspecified atom stereocenters. The Kier molecular flexibility index (Phi) is 8.34. The highest BCUT2D eigenvalue weighted by Gasteiger charge is 2.32. The van der Waals surface area contributed by atoms with Crippen LogP contribution < -0.4 is 11.1 Å². The highest BCUT2D eigenvalue weighted by Crippen LogP contribution is 2.29. The minimum absolute atomic E-state index is 0. The van der Waals surface area contributed by atoms with Crippen LogP contribution in [-0.4, -0.2) is 42.5 Å². The third kappa shape index (κ3) is 5.35. The summed E-state index contributed by atoms with van der Waals surface area (Å²) in [7, 11) is 0. The van der Waals surface area contributed by atoms with Gasteiger partial charge in [-0.2, -0.15) is 0 Å². The molecule has 4 nitrogen and oxygen atoms in total. The van der Waals surface area contributed by atoms with E-state index in [-0.39, 0.29) is 36.6 Å². The molecule has 23 heavy (non-hydrogen) atoms. The van der Waals surface area contributed by atoms with Gasteiger partial charge in [-0.05, 0) is 31.2 Å². The van der Waals surface area contributed by atoms with Gasteiger partial charge in [-0.1, -0.05) is 30.3 Å². The predicted molar refractivity (Wildman–Crippen MR) is 98.5 cm³/mol.